The Kier molecular flexibility index (Phi) is 6.23. The fourth-order valence-electron chi connectivity index (χ4n) is 2.90. The Morgan fingerprint density at radius 2 is 2.09 bits per heavy atom. The summed E-state index contributed by atoms with van der Waals surface area (Å²) in [6.07, 6.45) is 7.12. The smallest absolute Gasteiger partial charge is 0.266 e. The van der Waals surface area contributed by atoms with Gasteiger partial charge in [-0.2, -0.15) is 5.26 Å². The third-order valence-corrected chi connectivity index (χ3v) is 4.85. The van der Waals surface area contributed by atoms with Gasteiger partial charge in [0, 0.05) is 29.4 Å². The van der Waals surface area contributed by atoms with Crippen LogP contribution in [0.15, 0.2) is 34.4 Å². The van der Waals surface area contributed by atoms with E-state index >= 15 is 0 Å². The van der Waals surface area contributed by atoms with Crippen LogP contribution in [-0.2, 0) is 4.79 Å². The molecule has 1 N–H and O–H groups in total. The first-order chi connectivity index (χ1) is 11.0. The van der Waals surface area contributed by atoms with Gasteiger partial charge in [-0.3, -0.25) is 4.79 Å². The normalized spacial score (nSPS) is 15.8. The predicted octanol–water partition coefficient (Wildman–Crippen LogP) is 4.37. The quantitative estimate of drug-likeness (QED) is 0.627. The van der Waals surface area contributed by atoms with Crippen molar-refractivity contribution >= 4 is 27.5 Å². The van der Waals surface area contributed by atoms with E-state index in [0.717, 1.165) is 41.4 Å². The summed E-state index contributed by atoms with van der Waals surface area (Å²) in [5.41, 5.74) is 2.07. The summed E-state index contributed by atoms with van der Waals surface area (Å²) < 4.78 is 0.998. The molecule has 0 heterocycles. The first-order valence-electron chi connectivity index (χ1n) is 7.93. The molecule has 0 spiro atoms. The summed E-state index contributed by atoms with van der Waals surface area (Å²) in [5.74, 6) is -0.207. The van der Waals surface area contributed by atoms with Gasteiger partial charge in [-0.1, -0.05) is 35.2 Å². The van der Waals surface area contributed by atoms with Crippen molar-refractivity contribution in [1.82, 2.24) is 4.90 Å². The average Bonchev–Trinajstić information content (AvgIpc) is 2.57. The number of carbonyl (C=O) groups is 1. The molecule has 122 valence electrons. The van der Waals surface area contributed by atoms with Gasteiger partial charge >= 0.3 is 0 Å². The summed E-state index contributed by atoms with van der Waals surface area (Å²) in [7, 11) is 1.80. The van der Waals surface area contributed by atoms with Gasteiger partial charge in [0.05, 0.1) is 0 Å². The summed E-state index contributed by atoms with van der Waals surface area (Å²) in [4.78, 5) is 14.2. The van der Waals surface area contributed by atoms with Crippen LogP contribution in [0.4, 0.5) is 5.69 Å². The molecule has 1 amide bonds. The first kappa shape index (κ1) is 17.6. The Morgan fingerprint density at radius 3 is 2.70 bits per heavy atom. The van der Waals surface area contributed by atoms with Crippen molar-refractivity contribution in [2.24, 2.45) is 0 Å². The van der Waals surface area contributed by atoms with E-state index in [2.05, 4.69) is 21.2 Å². The van der Waals surface area contributed by atoms with Gasteiger partial charge in [0.15, 0.2) is 0 Å². The van der Waals surface area contributed by atoms with Crippen LogP contribution in [0.5, 0.6) is 0 Å². The Bertz CT molecular complexity index is 642. The largest absolute Gasteiger partial charge is 0.360 e. The van der Waals surface area contributed by atoms with Crippen molar-refractivity contribution in [3.8, 4) is 6.07 Å². The zero-order valence-electron chi connectivity index (χ0n) is 13.6. The molecule has 1 aromatic carbocycles. The second-order valence-electron chi connectivity index (χ2n) is 5.98. The van der Waals surface area contributed by atoms with Gasteiger partial charge in [-0.05, 0) is 43.5 Å². The maximum atomic E-state index is 12.5. The third kappa shape index (κ3) is 4.59. The van der Waals surface area contributed by atoms with Crippen molar-refractivity contribution in [1.29, 1.82) is 5.26 Å². The monoisotopic (exact) mass is 375 g/mol. The molecular weight excluding hydrogens is 354 g/mol. The summed E-state index contributed by atoms with van der Waals surface area (Å²) >= 11 is 3.42. The van der Waals surface area contributed by atoms with Crippen LogP contribution in [-0.4, -0.2) is 23.9 Å². The number of nitrogens with one attached hydrogen (secondary N) is 1. The molecule has 1 aliphatic carbocycles. The topological polar surface area (TPSA) is 56.1 Å². The van der Waals surface area contributed by atoms with E-state index in [1.807, 2.05) is 31.2 Å². The average molecular weight is 376 g/mol. The number of amides is 1. The van der Waals surface area contributed by atoms with Crippen LogP contribution < -0.4 is 5.32 Å². The van der Waals surface area contributed by atoms with Crippen molar-refractivity contribution in [3.63, 3.8) is 0 Å². The van der Waals surface area contributed by atoms with Crippen molar-refractivity contribution in [2.75, 3.05) is 12.4 Å². The highest BCUT2D eigenvalue weighted by atomic mass is 79.9. The number of benzene rings is 1. The van der Waals surface area contributed by atoms with Crippen LogP contribution in [0, 0.1) is 18.3 Å². The number of hydrogen-bond acceptors (Lipinski definition) is 3. The van der Waals surface area contributed by atoms with Crippen LogP contribution in [0.1, 0.15) is 37.7 Å². The number of nitrogens with zero attached hydrogens (tertiary/aromatic N) is 2. The molecule has 1 fully saturated rings. The molecule has 2 rings (SSSR count). The number of nitriles is 1. The molecule has 1 saturated carbocycles. The van der Waals surface area contributed by atoms with Gasteiger partial charge in [-0.15, -0.1) is 0 Å². The van der Waals surface area contributed by atoms with Gasteiger partial charge in [-0.25, -0.2) is 0 Å². The minimum Gasteiger partial charge on any atom is -0.360 e. The summed E-state index contributed by atoms with van der Waals surface area (Å²) in [6, 6.07) is 8.10. The second kappa shape index (κ2) is 8.16. The molecule has 0 unspecified atom stereocenters. The number of likely N-dealkylation sites (N-methyl/N-ethyl adjacent to an activating group) is 1. The van der Waals surface area contributed by atoms with Gasteiger partial charge in [0.2, 0.25) is 0 Å². The summed E-state index contributed by atoms with van der Waals surface area (Å²) in [5, 5.41) is 12.4. The van der Waals surface area contributed by atoms with E-state index in [1.165, 1.54) is 12.6 Å². The zero-order chi connectivity index (χ0) is 16.8. The maximum absolute atomic E-state index is 12.5. The number of rotatable bonds is 4. The minimum atomic E-state index is -0.207. The van der Waals surface area contributed by atoms with E-state index in [1.54, 1.807) is 11.9 Å². The second-order valence-corrected chi connectivity index (χ2v) is 6.90. The summed E-state index contributed by atoms with van der Waals surface area (Å²) in [6.45, 7) is 1.98. The molecule has 0 saturated heterocycles. The molecule has 0 radical (unpaired) electrons. The lowest BCUT2D eigenvalue weighted by atomic mass is 9.94. The maximum Gasteiger partial charge on any atom is 0.266 e. The van der Waals surface area contributed by atoms with Crippen molar-refractivity contribution in [2.45, 2.75) is 45.1 Å². The Morgan fingerprint density at radius 1 is 1.39 bits per heavy atom. The molecule has 23 heavy (non-hydrogen) atoms. The molecule has 5 heteroatoms. The molecule has 4 nitrogen and oxygen atoms in total. The number of carbonyl (C=O) groups excluding carboxylic acids is 1. The van der Waals surface area contributed by atoms with Crippen LogP contribution in [0.3, 0.4) is 0 Å². The van der Waals surface area contributed by atoms with Crippen LogP contribution in [0.2, 0.25) is 0 Å². The third-order valence-electron chi connectivity index (χ3n) is 4.35. The number of hydrogen-bond donors (Lipinski definition) is 1. The lowest BCUT2D eigenvalue weighted by Crippen LogP contribution is -2.39. The first-order valence-corrected chi connectivity index (χ1v) is 8.72. The van der Waals surface area contributed by atoms with Gasteiger partial charge in [0.25, 0.3) is 5.91 Å². The molecule has 0 bridgehead atoms. The van der Waals surface area contributed by atoms with E-state index in [0.29, 0.717) is 0 Å². The van der Waals surface area contributed by atoms with E-state index in [-0.39, 0.29) is 17.5 Å². The molecular formula is C18H22BrN3O. The fraction of sp³-hybridized carbons (Fsp3) is 0.444. The highest BCUT2D eigenvalue weighted by molar-refractivity contribution is 9.10. The molecule has 0 atom stereocenters. The standard InChI is InChI=1S/C18H22BrN3O/c1-13-10-15(19)8-9-17(13)21-12-14(11-20)18(23)22(2)16-6-4-3-5-7-16/h8-10,12,16,21H,3-7H2,1-2H3/b14-12-. The zero-order valence-corrected chi connectivity index (χ0v) is 15.2. The predicted molar refractivity (Wildman–Crippen MR) is 95.8 cm³/mol. The molecule has 1 aliphatic rings. The number of aryl methyl sites for hydroxylation is 1. The number of halogens is 1. The highest BCUT2D eigenvalue weighted by Gasteiger charge is 2.24. The van der Waals surface area contributed by atoms with Crippen LogP contribution >= 0.6 is 15.9 Å². The fourth-order valence-corrected chi connectivity index (χ4v) is 3.38. The van der Waals surface area contributed by atoms with Gasteiger partial charge < -0.3 is 10.2 Å². The molecule has 0 aliphatic heterocycles. The van der Waals surface area contributed by atoms with E-state index in [9.17, 15) is 10.1 Å². The number of anilines is 1. The lowest BCUT2D eigenvalue weighted by molar-refractivity contribution is -0.128. The molecule has 1 aromatic rings. The lowest BCUT2D eigenvalue weighted by Gasteiger charge is -2.31. The van der Waals surface area contributed by atoms with Gasteiger partial charge in [0.1, 0.15) is 11.6 Å². The SMILES string of the molecule is Cc1cc(Br)ccc1N/C=C(/C#N)C(=O)N(C)C1CCCCC1. The van der Waals surface area contributed by atoms with E-state index in [4.69, 9.17) is 0 Å². The Hall–Kier alpha value is -1.80. The highest BCUT2D eigenvalue weighted by Crippen LogP contribution is 2.23. The van der Waals surface area contributed by atoms with Crippen LogP contribution in [0.25, 0.3) is 0 Å². The van der Waals surface area contributed by atoms with Crippen molar-refractivity contribution in [3.05, 3.63) is 40.0 Å². The Balaban J connectivity index is 2.08. The van der Waals surface area contributed by atoms with Crippen molar-refractivity contribution < 1.29 is 4.79 Å². The molecule has 0 aromatic heterocycles. The minimum absolute atomic E-state index is 0.139. The van der Waals surface area contributed by atoms with E-state index < -0.39 is 0 Å². The Labute approximate surface area is 146 Å².